The van der Waals surface area contributed by atoms with Crippen LogP contribution < -0.4 is 9.46 Å². The van der Waals surface area contributed by atoms with Crippen molar-refractivity contribution in [2.24, 2.45) is 0 Å². The second-order valence-corrected chi connectivity index (χ2v) is 7.26. The number of para-hydroxylation sites is 1. The largest absolute Gasteiger partial charge is 0.497 e. The Morgan fingerprint density at radius 2 is 1.79 bits per heavy atom. The number of nitrogens with zero attached hydrogens (tertiary/aromatic N) is 1. The molecule has 0 bridgehead atoms. The number of methoxy groups -OCH3 is 1. The molecule has 5 nitrogen and oxygen atoms in total. The maximum absolute atomic E-state index is 12.2. The lowest BCUT2D eigenvalue weighted by Crippen LogP contribution is -2.25. The van der Waals surface area contributed by atoms with Gasteiger partial charge in [-0.1, -0.05) is 18.2 Å². The zero-order valence-corrected chi connectivity index (χ0v) is 14.3. The minimum Gasteiger partial charge on any atom is -0.497 e. The molecule has 0 saturated carbocycles. The molecule has 2 aromatic carbocycles. The molecule has 0 aliphatic rings. The van der Waals surface area contributed by atoms with Crippen LogP contribution in [0.2, 0.25) is 0 Å². The van der Waals surface area contributed by atoms with Crippen LogP contribution in [-0.2, 0) is 16.6 Å². The monoisotopic (exact) mass is 344 g/mol. The summed E-state index contributed by atoms with van der Waals surface area (Å²) in [6.45, 7) is 1.15. The second kappa shape index (κ2) is 7.07. The minimum absolute atomic E-state index is 0.245. The number of ether oxygens (including phenoxy) is 1. The first-order chi connectivity index (χ1) is 11.6. The predicted octanol–water partition coefficient (Wildman–Crippen LogP) is 3.02. The maximum atomic E-state index is 12.2. The highest BCUT2D eigenvalue weighted by molar-refractivity contribution is 7.89. The van der Waals surface area contributed by atoms with Crippen LogP contribution in [0.3, 0.4) is 0 Å². The summed E-state index contributed by atoms with van der Waals surface area (Å²) in [5.41, 5.74) is 1.16. The number of aryl methyl sites for hydroxylation is 1. The van der Waals surface area contributed by atoms with Gasteiger partial charge in [-0.25, -0.2) is 13.1 Å². The molecular weight excluding hydrogens is 324 g/mol. The van der Waals surface area contributed by atoms with Gasteiger partial charge in [-0.2, -0.15) is 0 Å². The molecule has 0 saturated heterocycles. The first-order valence-electron chi connectivity index (χ1n) is 7.78. The summed E-state index contributed by atoms with van der Waals surface area (Å²) < 4.78 is 34.3. The fourth-order valence-corrected chi connectivity index (χ4v) is 3.70. The molecule has 1 N–H and O–H groups in total. The van der Waals surface area contributed by atoms with E-state index in [2.05, 4.69) is 27.5 Å². The van der Waals surface area contributed by atoms with E-state index >= 15 is 0 Å². The SMILES string of the molecule is COc1ccc(S(=O)(=O)NCCCn2ccc3ccccc32)cc1. The van der Waals surface area contributed by atoms with Crippen molar-refractivity contribution in [1.29, 1.82) is 0 Å². The molecule has 3 aromatic rings. The number of hydrogen-bond acceptors (Lipinski definition) is 3. The van der Waals surface area contributed by atoms with Crippen LogP contribution in [0.5, 0.6) is 5.75 Å². The van der Waals surface area contributed by atoms with E-state index in [1.807, 2.05) is 18.3 Å². The summed E-state index contributed by atoms with van der Waals surface area (Å²) >= 11 is 0. The average Bonchev–Trinajstić information content (AvgIpc) is 3.02. The van der Waals surface area contributed by atoms with Crippen LogP contribution in [0.4, 0.5) is 0 Å². The quantitative estimate of drug-likeness (QED) is 0.670. The molecule has 6 heteroatoms. The molecule has 0 spiro atoms. The van der Waals surface area contributed by atoms with E-state index in [4.69, 9.17) is 4.74 Å². The molecule has 0 radical (unpaired) electrons. The van der Waals surface area contributed by atoms with Crippen LogP contribution in [0, 0.1) is 0 Å². The molecule has 0 aliphatic heterocycles. The van der Waals surface area contributed by atoms with Gasteiger partial charge in [0.15, 0.2) is 0 Å². The number of sulfonamides is 1. The van der Waals surface area contributed by atoms with Crippen molar-refractivity contribution in [3.63, 3.8) is 0 Å². The second-order valence-electron chi connectivity index (χ2n) is 5.49. The van der Waals surface area contributed by atoms with E-state index < -0.39 is 10.0 Å². The Balaban J connectivity index is 1.57. The summed E-state index contributed by atoms with van der Waals surface area (Å²) in [5, 5.41) is 1.19. The van der Waals surface area contributed by atoms with E-state index in [-0.39, 0.29) is 4.90 Å². The summed E-state index contributed by atoms with van der Waals surface area (Å²) in [6, 6.07) is 16.6. The topological polar surface area (TPSA) is 60.3 Å². The number of benzene rings is 2. The van der Waals surface area contributed by atoms with Gasteiger partial charge in [0.2, 0.25) is 10.0 Å². The molecule has 126 valence electrons. The maximum Gasteiger partial charge on any atom is 0.240 e. The van der Waals surface area contributed by atoms with Crippen molar-refractivity contribution >= 4 is 20.9 Å². The molecule has 1 heterocycles. The van der Waals surface area contributed by atoms with Crippen LogP contribution in [0.1, 0.15) is 6.42 Å². The molecular formula is C18H20N2O3S. The Morgan fingerprint density at radius 1 is 1.04 bits per heavy atom. The van der Waals surface area contributed by atoms with Gasteiger partial charge in [0.25, 0.3) is 0 Å². The van der Waals surface area contributed by atoms with Gasteiger partial charge in [-0.15, -0.1) is 0 Å². The molecule has 0 amide bonds. The van der Waals surface area contributed by atoms with Crippen LogP contribution in [0.25, 0.3) is 10.9 Å². The molecule has 0 atom stereocenters. The third kappa shape index (κ3) is 3.60. The third-order valence-electron chi connectivity index (χ3n) is 3.92. The Kier molecular flexibility index (Phi) is 4.87. The Labute approximate surface area is 141 Å². The van der Waals surface area contributed by atoms with Gasteiger partial charge in [-0.05, 0) is 48.2 Å². The van der Waals surface area contributed by atoms with E-state index in [9.17, 15) is 8.42 Å². The van der Waals surface area contributed by atoms with Gasteiger partial charge in [0.05, 0.1) is 12.0 Å². The fraction of sp³-hybridized carbons (Fsp3) is 0.222. The average molecular weight is 344 g/mol. The van der Waals surface area contributed by atoms with Crippen molar-refractivity contribution in [3.8, 4) is 5.75 Å². The number of fused-ring (bicyclic) bond motifs is 1. The molecule has 0 aliphatic carbocycles. The van der Waals surface area contributed by atoms with Gasteiger partial charge in [0.1, 0.15) is 5.75 Å². The van der Waals surface area contributed by atoms with Crippen molar-refractivity contribution in [2.45, 2.75) is 17.9 Å². The summed E-state index contributed by atoms with van der Waals surface area (Å²) in [6.07, 6.45) is 2.75. The van der Waals surface area contributed by atoms with Gasteiger partial charge in [0, 0.05) is 24.8 Å². The zero-order valence-electron chi connectivity index (χ0n) is 13.5. The van der Waals surface area contributed by atoms with Crippen LogP contribution >= 0.6 is 0 Å². The fourth-order valence-electron chi connectivity index (χ4n) is 2.63. The van der Waals surface area contributed by atoms with Crippen molar-refractivity contribution < 1.29 is 13.2 Å². The Morgan fingerprint density at radius 3 is 2.54 bits per heavy atom. The zero-order chi connectivity index (χ0) is 17.0. The lowest BCUT2D eigenvalue weighted by Gasteiger charge is -2.09. The first kappa shape index (κ1) is 16.5. The standard InChI is InChI=1S/C18H20N2O3S/c1-23-16-7-9-17(10-8-16)24(21,22)19-12-4-13-20-14-11-15-5-2-3-6-18(15)20/h2-3,5-11,14,19H,4,12-13H2,1H3. The molecule has 0 unspecified atom stereocenters. The molecule has 0 fully saturated rings. The normalized spacial score (nSPS) is 11.7. The summed E-state index contributed by atoms with van der Waals surface area (Å²) in [5.74, 6) is 0.633. The van der Waals surface area contributed by atoms with Crippen molar-refractivity contribution in [1.82, 2.24) is 9.29 Å². The van der Waals surface area contributed by atoms with E-state index in [1.165, 1.54) is 5.39 Å². The number of hydrogen-bond donors (Lipinski definition) is 1. The Bertz CT molecular complexity index is 915. The van der Waals surface area contributed by atoms with Gasteiger partial charge < -0.3 is 9.30 Å². The predicted molar refractivity (Wildman–Crippen MR) is 94.7 cm³/mol. The summed E-state index contributed by atoms with van der Waals surface area (Å²) in [4.78, 5) is 0.245. The van der Waals surface area contributed by atoms with Crippen LogP contribution in [-0.4, -0.2) is 26.6 Å². The molecule has 24 heavy (non-hydrogen) atoms. The lowest BCUT2D eigenvalue weighted by molar-refractivity contribution is 0.414. The van der Waals surface area contributed by atoms with E-state index in [0.717, 1.165) is 12.1 Å². The number of aromatic nitrogens is 1. The molecule has 3 rings (SSSR count). The highest BCUT2D eigenvalue weighted by atomic mass is 32.2. The Hall–Kier alpha value is -2.31. The van der Waals surface area contributed by atoms with Crippen molar-refractivity contribution in [3.05, 3.63) is 60.8 Å². The highest BCUT2D eigenvalue weighted by Crippen LogP contribution is 2.16. The summed E-state index contributed by atoms with van der Waals surface area (Å²) in [7, 11) is -1.94. The van der Waals surface area contributed by atoms with E-state index in [1.54, 1.807) is 31.4 Å². The minimum atomic E-state index is -3.48. The van der Waals surface area contributed by atoms with Crippen molar-refractivity contribution in [2.75, 3.05) is 13.7 Å². The number of rotatable bonds is 7. The highest BCUT2D eigenvalue weighted by Gasteiger charge is 2.13. The smallest absolute Gasteiger partial charge is 0.240 e. The number of nitrogens with one attached hydrogen (secondary N) is 1. The molecule has 1 aromatic heterocycles. The lowest BCUT2D eigenvalue weighted by atomic mass is 10.2. The third-order valence-corrected chi connectivity index (χ3v) is 5.39. The first-order valence-corrected chi connectivity index (χ1v) is 9.26. The van der Waals surface area contributed by atoms with Crippen LogP contribution in [0.15, 0.2) is 65.7 Å². The van der Waals surface area contributed by atoms with E-state index in [0.29, 0.717) is 18.7 Å². The van der Waals surface area contributed by atoms with Gasteiger partial charge in [-0.3, -0.25) is 0 Å². The van der Waals surface area contributed by atoms with Gasteiger partial charge >= 0.3 is 0 Å².